The van der Waals surface area contributed by atoms with E-state index in [0.29, 0.717) is 41.6 Å². The van der Waals surface area contributed by atoms with Crippen LogP contribution in [0.5, 0.6) is 0 Å². The van der Waals surface area contributed by atoms with Crippen LogP contribution in [0, 0.1) is 31.6 Å². The molecule has 0 unspecified atom stereocenters. The van der Waals surface area contributed by atoms with Crippen LogP contribution in [-0.4, -0.2) is 23.2 Å². The minimum atomic E-state index is -0.210. The molecule has 0 atom stereocenters. The second-order valence-corrected chi connectivity index (χ2v) is 9.54. The van der Waals surface area contributed by atoms with Gasteiger partial charge in [-0.25, -0.2) is 4.98 Å². The van der Waals surface area contributed by atoms with Gasteiger partial charge in [0, 0.05) is 12.1 Å². The van der Waals surface area contributed by atoms with E-state index >= 15 is 0 Å². The van der Waals surface area contributed by atoms with Crippen molar-refractivity contribution in [2.75, 3.05) is 6.54 Å². The maximum absolute atomic E-state index is 12.4. The standard InChI is InChI=1S/C26H38N2O3/c1-17(2)13-21(14-18(3)4)11-12-27-25(30)16-23(29)15-24-20(6)31-26(28-24)22-9-7-19(5)8-10-22/h7-10,17-18,21H,11-16H2,1-6H3,(H,27,30). The number of nitrogens with zero attached hydrogens (tertiary/aromatic N) is 1. The lowest BCUT2D eigenvalue weighted by molar-refractivity contribution is -0.127. The fraction of sp³-hybridized carbons (Fsp3) is 0.577. The summed E-state index contributed by atoms with van der Waals surface area (Å²) in [5.41, 5.74) is 2.64. The predicted molar refractivity (Wildman–Crippen MR) is 125 cm³/mol. The lowest BCUT2D eigenvalue weighted by atomic mass is 9.87. The molecule has 1 aromatic carbocycles. The summed E-state index contributed by atoms with van der Waals surface area (Å²) in [6, 6.07) is 7.89. The van der Waals surface area contributed by atoms with E-state index in [1.807, 2.05) is 31.2 Å². The monoisotopic (exact) mass is 426 g/mol. The summed E-state index contributed by atoms with van der Waals surface area (Å²) in [4.78, 5) is 29.1. The number of oxazole rings is 1. The van der Waals surface area contributed by atoms with Crippen LogP contribution in [0.4, 0.5) is 0 Å². The molecule has 0 aliphatic carbocycles. The molecular formula is C26H38N2O3. The number of ketones is 1. The fourth-order valence-electron chi connectivity index (χ4n) is 3.98. The predicted octanol–water partition coefficient (Wildman–Crippen LogP) is 5.67. The number of Topliss-reactive ketones (excluding diaryl/α,β-unsaturated/α-hetero) is 1. The van der Waals surface area contributed by atoms with Crippen molar-refractivity contribution in [3.8, 4) is 11.5 Å². The SMILES string of the molecule is Cc1ccc(-c2nc(CC(=O)CC(=O)NCCC(CC(C)C)CC(C)C)c(C)o2)cc1. The number of benzene rings is 1. The number of aromatic nitrogens is 1. The second-order valence-electron chi connectivity index (χ2n) is 9.54. The molecule has 0 fully saturated rings. The Hall–Kier alpha value is -2.43. The molecule has 0 saturated carbocycles. The zero-order chi connectivity index (χ0) is 23.0. The van der Waals surface area contributed by atoms with Crippen LogP contribution in [0.25, 0.3) is 11.5 Å². The number of carbonyl (C=O) groups excluding carboxylic acids is 2. The van der Waals surface area contributed by atoms with Gasteiger partial charge in [-0.2, -0.15) is 0 Å². The average molecular weight is 427 g/mol. The molecule has 1 N–H and O–H groups in total. The van der Waals surface area contributed by atoms with Crippen LogP contribution in [0.15, 0.2) is 28.7 Å². The lowest BCUT2D eigenvalue weighted by Gasteiger charge is -2.21. The zero-order valence-electron chi connectivity index (χ0n) is 20.0. The second kappa shape index (κ2) is 11.8. The first kappa shape index (κ1) is 24.8. The van der Waals surface area contributed by atoms with Gasteiger partial charge in [0.2, 0.25) is 11.8 Å². The van der Waals surface area contributed by atoms with Gasteiger partial charge in [0.1, 0.15) is 11.5 Å². The third kappa shape index (κ3) is 8.68. The summed E-state index contributed by atoms with van der Waals surface area (Å²) in [6.07, 6.45) is 3.28. The zero-order valence-corrected chi connectivity index (χ0v) is 20.0. The van der Waals surface area contributed by atoms with E-state index in [-0.39, 0.29) is 24.5 Å². The van der Waals surface area contributed by atoms with E-state index in [9.17, 15) is 9.59 Å². The van der Waals surface area contributed by atoms with E-state index in [1.165, 1.54) is 12.8 Å². The molecule has 5 nitrogen and oxygen atoms in total. The topological polar surface area (TPSA) is 72.2 Å². The molecule has 1 amide bonds. The molecule has 2 aromatic rings. The Morgan fingerprint density at radius 2 is 1.61 bits per heavy atom. The summed E-state index contributed by atoms with van der Waals surface area (Å²) < 4.78 is 5.74. The van der Waals surface area contributed by atoms with E-state index in [1.54, 1.807) is 6.92 Å². The summed E-state index contributed by atoms with van der Waals surface area (Å²) >= 11 is 0. The van der Waals surface area contributed by atoms with Gasteiger partial charge < -0.3 is 9.73 Å². The quantitative estimate of drug-likeness (QED) is 0.444. The van der Waals surface area contributed by atoms with Gasteiger partial charge in [-0.05, 0) is 63.0 Å². The van der Waals surface area contributed by atoms with Gasteiger partial charge in [0.15, 0.2) is 0 Å². The van der Waals surface area contributed by atoms with Crippen molar-refractivity contribution in [2.24, 2.45) is 17.8 Å². The van der Waals surface area contributed by atoms with Crippen molar-refractivity contribution in [2.45, 2.75) is 73.6 Å². The van der Waals surface area contributed by atoms with E-state index in [0.717, 1.165) is 17.5 Å². The molecule has 170 valence electrons. The van der Waals surface area contributed by atoms with Crippen molar-refractivity contribution in [3.63, 3.8) is 0 Å². The maximum atomic E-state index is 12.4. The first-order valence-corrected chi connectivity index (χ1v) is 11.5. The molecule has 1 aromatic heterocycles. The van der Waals surface area contributed by atoms with Gasteiger partial charge >= 0.3 is 0 Å². The van der Waals surface area contributed by atoms with Crippen LogP contribution in [0.3, 0.4) is 0 Å². The molecule has 0 aliphatic rings. The number of hydrogen-bond donors (Lipinski definition) is 1. The number of rotatable bonds is 12. The normalized spacial score (nSPS) is 11.5. The summed E-state index contributed by atoms with van der Waals surface area (Å²) in [5, 5.41) is 2.92. The molecule has 2 rings (SSSR count). The summed E-state index contributed by atoms with van der Waals surface area (Å²) in [7, 11) is 0. The van der Waals surface area contributed by atoms with Crippen LogP contribution in [0.1, 0.15) is 70.4 Å². The van der Waals surface area contributed by atoms with Gasteiger partial charge in [0.05, 0.1) is 18.5 Å². The number of amides is 1. The van der Waals surface area contributed by atoms with Gasteiger partial charge in [-0.3, -0.25) is 9.59 Å². The van der Waals surface area contributed by atoms with Crippen LogP contribution < -0.4 is 5.32 Å². The van der Waals surface area contributed by atoms with E-state index in [4.69, 9.17) is 4.42 Å². The highest BCUT2D eigenvalue weighted by molar-refractivity contribution is 5.98. The smallest absolute Gasteiger partial charge is 0.227 e. The highest BCUT2D eigenvalue weighted by Crippen LogP contribution is 2.24. The molecule has 0 aliphatic heterocycles. The number of aryl methyl sites for hydroxylation is 2. The number of nitrogens with one attached hydrogen (secondary N) is 1. The first-order chi connectivity index (χ1) is 14.6. The van der Waals surface area contributed by atoms with Crippen molar-refractivity contribution >= 4 is 11.7 Å². The number of hydrogen-bond acceptors (Lipinski definition) is 4. The van der Waals surface area contributed by atoms with Gasteiger partial charge in [-0.1, -0.05) is 45.4 Å². The Morgan fingerprint density at radius 1 is 1.00 bits per heavy atom. The Kier molecular flexibility index (Phi) is 9.47. The molecule has 5 heteroatoms. The van der Waals surface area contributed by atoms with Crippen molar-refractivity contribution in [1.29, 1.82) is 0 Å². The third-order valence-corrected chi connectivity index (χ3v) is 5.40. The Morgan fingerprint density at radius 3 is 2.19 bits per heavy atom. The van der Waals surface area contributed by atoms with Crippen LogP contribution in [0.2, 0.25) is 0 Å². The molecule has 0 radical (unpaired) electrons. The molecule has 0 spiro atoms. The van der Waals surface area contributed by atoms with Crippen LogP contribution >= 0.6 is 0 Å². The molecule has 31 heavy (non-hydrogen) atoms. The summed E-state index contributed by atoms with van der Waals surface area (Å²) in [5.74, 6) is 2.67. The highest BCUT2D eigenvalue weighted by Gasteiger charge is 2.18. The van der Waals surface area contributed by atoms with Gasteiger partial charge in [0.25, 0.3) is 0 Å². The number of carbonyl (C=O) groups is 2. The lowest BCUT2D eigenvalue weighted by Crippen LogP contribution is -2.28. The molecule has 0 bridgehead atoms. The Balaban J connectivity index is 1.82. The van der Waals surface area contributed by atoms with Crippen LogP contribution in [-0.2, 0) is 16.0 Å². The Labute approximate surface area is 187 Å². The van der Waals surface area contributed by atoms with Gasteiger partial charge in [-0.15, -0.1) is 0 Å². The third-order valence-electron chi connectivity index (χ3n) is 5.40. The molecular weight excluding hydrogens is 388 g/mol. The van der Waals surface area contributed by atoms with Crippen molar-refractivity contribution < 1.29 is 14.0 Å². The summed E-state index contributed by atoms with van der Waals surface area (Å²) in [6.45, 7) is 13.4. The van der Waals surface area contributed by atoms with E-state index in [2.05, 4.69) is 38.0 Å². The first-order valence-electron chi connectivity index (χ1n) is 11.5. The average Bonchev–Trinajstić information content (AvgIpc) is 3.01. The fourth-order valence-corrected chi connectivity index (χ4v) is 3.98. The maximum Gasteiger partial charge on any atom is 0.227 e. The largest absolute Gasteiger partial charge is 0.441 e. The van der Waals surface area contributed by atoms with E-state index < -0.39 is 0 Å². The molecule has 1 heterocycles. The minimum Gasteiger partial charge on any atom is -0.441 e. The van der Waals surface area contributed by atoms with Crippen molar-refractivity contribution in [1.82, 2.24) is 10.3 Å². The minimum absolute atomic E-state index is 0.109. The molecule has 0 saturated heterocycles. The van der Waals surface area contributed by atoms with Crippen molar-refractivity contribution in [3.05, 3.63) is 41.3 Å². The highest BCUT2D eigenvalue weighted by atomic mass is 16.4. The Bertz CT molecular complexity index is 840.